The Kier molecular flexibility index (Phi) is 5.15. The molecule has 0 aliphatic carbocycles. The maximum atomic E-state index is 5.69. The van der Waals surface area contributed by atoms with Crippen LogP contribution in [0.4, 0.5) is 0 Å². The third-order valence-corrected chi connectivity index (χ3v) is 3.92. The lowest BCUT2D eigenvalue weighted by molar-refractivity contribution is 0.171. The van der Waals surface area contributed by atoms with Crippen LogP contribution in [-0.2, 0) is 0 Å². The summed E-state index contributed by atoms with van der Waals surface area (Å²) in [6, 6.07) is 6.67. The maximum Gasteiger partial charge on any atom is 0.161 e. The van der Waals surface area contributed by atoms with E-state index >= 15 is 0 Å². The SMILES string of the molecule is CNC(CC(C)CC(C)(C)C)c1ccc2c(c1)OCCO2. The van der Waals surface area contributed by atoms with Gasteiger partial charge in [-0.3, -0.25) is 0 Å². The Morgan fingerprint density at radius 2 is 1.81 bits per heavy atom. The van der Waals surface area contributed by atoms with Crippen molar-refractivity contribution in [3.05, 3.63) is 23.8 Å². The van der Waals surface area contributed by atoms with E-state index in [0.29, 0.717) is 30.6 Å². The average Bonchev–Trinajstić information content (AvgIpc) is 2.42. The molecule has 0 saturated carbocycles. The van der Waals surface area contributed by atoms with Gasteiger partial charge in [-0.1, -0.05) is 33.8 Å². The normalized spacial score (nSPS) is 17.4. The van der Waals surface area contributed by atoms with Gasteiger partial charge in [-0.25, -0.2) is 0 Å². The lowest BCUT2D eigenvalue weighted by atomic mass is 9.82. The van der Waals surface area contributed by atoms with Crippen LogP contribution in [0.3, 0.4) is 0 Å². The molecular weight excluding hydrogens is 262 g/mol. The zero-order chi connectivity index (χ0) is 15.5. The predicted molar refractivity (Wildman–Crippen MR) is 87.1 cm³/mol. The minimum Gasteiger partial charge on any atom is -0.486 e. The molecule has 2 atom stereocenters. The van der Waals surface area contributed by atoms with Gasteiger partial charge in [-0.05, 0) is 48.9 Å². The molecule has 1 aliphatic rings. The number of hydrogen-bond acceptors (Lipinski definition) is 3. The molecule has 0 amide bonds. The second-order valence-corrected chi connectivity index (χ2v) is 7.35. The molecule has 1 N–H and O–H groups in total. The van der Waals surface area contributed by atoms with E-state index in [0.717, 1.165) is 17.9 Å². The summed E-state index contributed by atoms with van der Waals surface area (Å²) in [6.07, 6.45) is 2.36. The largest absolute Gasteiger partial charge is 0.486 e. The van der Waals surface area contributed by atoms with Crippen molar-refractivity contribution in [3.8, 4) is 11.5 Å². The van der Waals surface area contributed by atoms with Gasteiger partial charge in [0.25, 0.3) is 0 Å². The van der Waals surface area contributed by atoms with Gasteiger partial charge in [0.1, 0.15) is 13.2 Å². The average molecular weight is 291 g/mol. The first kappa shape index (κ1) is 16.2. The third-order valence-electron chi connectivity index (χ3n) is 3.92. The second kappa shape index (κ2) is 6.69. The predicted octanol–water partition coefficient (Wildman–Crippen LogP) is 4.18. The fourth-order valence-corrected chi connectivity index (χ4v) is 3.23. The van der Waals surface area contributed by atoms with Gasteiger partial charge in [0.15, 0.2) is 11.5 Å². The van der Waals surface area contributed by atoms with E-state index < -0.39 is 0 Å². The molecule has 1 aromatic carbocycles. The Bertz CT molecular complexity index is 465. The molecule has 2 unspecified atom stereocenters. The maximum absolute atomic E-state index is 5.69. The highest BCUT2D eigenvalue weighted by Gasteiger charge is 2.21. The molecule has 3 heteroatoms. The molecular formula is C18H29NO2. The van der Waals surface area contributed by atoms with E-state index in [2.05, 4.69) is 45.1 Å². The first-order valence-electron chi connectivity index (χ1n) is 7.96. The summed E-state index contributed by atoms with van der Waals surface area (Å²) in [5, 5.41) is 3.45. The number of nitrogens with one attached hydrogen (secondary N) is 1. The Balaban J connectivity index is 2.07. The van der Waals surface area contributed by atoms with Crippen molar-refractivity contribution in [3.63, 3.8) is 0 Å². The topological polar surface area (TPSA) is 30.5 Å². The smallest absolute Gasteiger partial charge is 0.161 e. The molecule has 21 heavy (non-hydrogen) atoms. The molecule has 0 radical (unpaired) electrons. The number of ether oxygens (including phenoxy) is 2. The van der Waals surface area contributed by atoms with Crippen molar-refractivity contribution >= 4 is 0 Å². The molecule has 0 aromatic heterocycles. The van der Waals surface area contributed by atoms with Crippen molar-refractivity contribution in [2.75, 3.05) is 20.3 Å². The molecule has 1 aliphatic heterocycles. The van der Waals surface area contributed by atoms with E-state index in [1.54, 1.807) is 0 Å². The van der Waals surface area contributed by atoms with Gasteiger partial charge < -0.3 is 14.8 Å². The lowest BCUT2D eigenvalue weighted by Crippen LogP contribution is -2.22. The minimum atomic E-state index is 0.359. The fraction of sp³-hybridized carbons (Fsp3) is 0.667. The van der Waals surface area contributed by atoms with Crippen molar-refractivity contribution in [1.29, 1.82) is 0 Å². The molecule has 118 valence electrons. The monoisotopic (exact) mass is 291 g/mol. The van der Waals surface area contributed by atoms with Crippen LogP contribution in [0.15, 0.2) is 18.2 Å². The van der Waals surface area contributed by atoms with Gasteiger partial charge in [-0.15, -0.1) is 0 Å². The van der Waals surface area contributed by atoms with Crippen molar-refractivity contribution < 1.29 is 9.47 Å². The van der Waals surface area contributed by atoms with Crippen LogP contribution in [0.25, 0.3) is 0 Å². The van der Waals surface area contributed by atoms with Gasteiger partial charge in [0, 0.05) is 6.04 Å². The number of rotatable bonds is 5. The Hall–Kier alpha value is -1.22. The highest BCUT2D eigenvalue weighted by Crippen LogP contribution is 2.35. The summed E-state index contributed by atoms with van der Waals surface area (Å²) in [5.74, 6) is 2.42. The van der Waals surface area contributed by atoms with Crippen LogP contribution in [0.2, 0.25) is 0 Å². The highest BCUT2D eigenvalue weighted by atomic mass is 16.6. The van der Waals surface area contributed by atoms with Crippen molar-refractivity contribution in [2.24, 2.45) is 11.3 Å². The van der Waals surface area contributed by atoms with Crippen LogP contribution in [-0.4, -0.2) is 20.3 Å². The van der Waals surface area contributed by atoms with E-state index in [9.17, 15) is 0 Å². The molecule has 3 nitrogen and oxygen atoms in total. The molecule has 1 aromatic rings. The van der Waals surface area contributed by atoms with Crippen LogP contribution >= 0.6 is 0 Å². The summed E-state index contributed by atoms with van der Waals surface area (Å²) < 4.78 is 11.3. The Labute approximate surface area is 129 Å². The summed E-state index contributed by atoms with van der Waals surface area (Å²) in [5.41, 5.74) is 1.66. The van der Waals surface area contributed by atoms with Crippen LogP contribution < -0.4 is 14.8 Å². The fourth-order valence-electron chi connectivity index (χ4n) is 3.23. The first-order chi connectivity index (χ1) is 9.89. The second-order valence-electron chi connectivity index (χ2n) is 7.35. The number of hydrogen-bond donors (Lipinski definition) is 1. The van der Waals surface area contributed by atoms with E-state index in [4.69, 9.17) is 9.47 Å². The van der Waals surface area contributed by atoms with Crippen molar-refractivity contribution in [2.45, 2.75) is 46.6 Å². The molecule has 0 fully saturated rings. The zero-order valence-corrected chi connectivity index (χ0v) is 14.0. The molecule has 1 heterocycles. The third kappa shape index (κ3) is 4.63. The summed E-state index contributed by atoms with van der Waals surface area (Å²) in [7, 11) is 2.03. The zero-order valence-electron chi connectivity index (χ0n) is 14.0. The number of fused-ring (bicyclic) bond motifs is 1. The quantitative estimate of drug-likeness (QED) is 0.882. The van der Waals surface area contributed by atoms with Crippen LogP contribution in [0, 0.1) is 11.3 Å². The summed E-state index contributed by atoms with van der Waals surface area (Å²) >= 11 is 0. The lowest BCUT2D eigenvalue weighted by Gasteiger charge is -2.27. The van der Waals surface area contributed by atoms with Gasteiger partial charge >= 0.3 is 0 Å². The minimum absolute atomic E-state index is 0.359. The first-order valence-corrected chi connectivity index (χ1v) is 7.96. The van der Waals surface area contributed by atoms with E-state index in [-0.39, 0.29) is 0 Å². The van der Waals surface area contributed by atoms with Crippen LogP contribution in [0.5, 0.6) is 11.5 Å². The number of benzene rings is 1. The van der Waals surface area contributed by atoms with Gasteiger partial charge in [0.2, 0.25) is 0 Å². The van der Waals surface area contributed by atoms with E-state index in [1.807, 2.05) is 13.1 Å². The van der Waals surface area contributed by atoms with E-state index in [1.165, 1.54) is 12.0 Å². The molecule has 0 spiro atoms. The Morgan fingerprint density at radius 3 is 2.43 bits per heavy atom. The summed E-state index contributed by atoms with van der Waals surface area (Å²) in [6.45, 7) is 10.5. The highest BCUT2D eigenvalue weighted by molar-refractivity contribution is 5.44. The molecule has 0 bridgehead atoms. The molecule has 2 rings (SSSR count). The Morgan fingerprint density at radius 1 is 1.14 bits per heavy atom. The standard InChI is InChI=1S/C18H29NO2/c1-13(12-18(2,3)4)10-15(19-5)14-6-7-16-17(11-14)21-9-8-20-16/h6-7,11,13,15,19H,8-10,12H2,1-5H3. The summed E-state index contributed by atoms with van der Waals surface area (Å²) in [4.78, 5) is 0. The van der Waals surface area contributed by atoms with Gasteiger partial charge in [-0.2, -0.15) is 0 Å². The molecule has 0 saturated heterocycles. The van der Waals surface area contributed by atoms with Crippen molar-refractivity contribution in [1.82, 2.24) is 5.32 Å². The van der Waals surface area contributed by atoms with Crippen LogP contribution in [0.1, 0.15) is 52.1 Å². The van der Waals surface area contributed by atoms with Gasteiger partial charge in [0.05, 0.1) is 0 Å².